The van der Waals surface area contributed by atoms with E-state index in [1.807, 2.05) is 17.6 Å². The summed E-state index contributed by atoms with van der Waals surface area (Å²) in [5.74, 6) is 0. The highest BCUT2D eigenvalue weighted by molar-refractivity contribution is 5.80. The van der Waals surface area contributed by atoms with E-state index in [-0.39, 0.29) is 5.56 Å². The van der Waals surface area contributed by atoms with Gasteiger partial charge in [-0.2, -0.15) is 5.26 Å². The third kappa shape index (κ3) is 2.25. The number of nitriles is 1. The molecule has 0 aliphatic rings. The number of fused-ring (bicyclic) bond motifs is 1. The second-order valence-electron chi connectivity index (χ2n) is 4.75. The second kappa shape index (κ2) is 4.98. The molecule has 104 valence electrons. The van der Waals surface area contributed by atoms with Crippen molar-refractivity contribution in [2.24, 2.45) is 0 Å². The van der Waals surface area contributed by atoms with Crippen molar-refractivity contribution in [1.29, 1.82) is 5.26 Å². The molecule has 3 aromatic rings. The minimum absolute atomic E-state index is 0.101. The molecule has 0 saturated carbocycles. The van der Waals surface area contributed by atoms with Crippen LogP contribution in [0.25, 0.3) is 16.7 Å². The Morgan fingerprint density at radius 3 is 2.52 bits per heavy atom. The maximum absolute atomic E-state index is 12.8. The van der Waals surface area contributed by atoms with Gasteiger partial charge in [0, 0.05) is 23.1 Å². The molecule has 0 aliphatic carbocycles. The highest BCUT2D eigenvalue weighted by Crippen LogP contribution is 2.27. The molecule has 0 N–H and O–H groups in total. The lowest BCUT2D eigenvalue weighted by Crippen LogP contribution is -1.97. The molecule has 5 heteroatoms. The van der Waals surface area contributed by atoms with Crippen molar-refractivity contribution in [2.75, 3.05) is 0 Å². The third-order valence-corrected chi connectivity index (χ3v) is 3.36. The van der Waals surface area contributed by atoms with Gasteiger partial charge in [-0.3, -0.25) is 4.98 Å². The summed E-state index contributed by atoms with van der Waals surface area (Å²) < 4.78 is 27.6. The first kappa shape index (κ1) is 13.3. The number of pyridine rings is 1. The van der Waals surface area contributed by atoms with Gasteiger partial charge in [0.1, 0.15) is 0 Å². The fraction of sp³-hybridized carbons (Fsp3) is 0.125. The van der Waals surface area contributed by atoms with E-state index < -0.39 is 6.43 Å². The summed E-state index contributed by atoms with van der Waals surface area (Å²) in [5.41, 5.74) is 3.47. The SMILES string of the molecule is Cc1cc2ncc(C(F)F)cc2n1-c1ccc(C#N)cc1. The monoisotopic (exact) mass is 283 g/mol. The maximum atomic E-state index is 12.8. The molecule has 1 aromatic carbocycles. The Morgan fingerprint density at radius 2 is 1.90 bits per heavy atom. The fourth-order valence-corrected chi connectivity index (χ4v) is 2.37. The van der Waals surface area contributed by atoms with Crippen LogP contribution in [0.2, 0.25) is 0 Å². The lowest BCUT2D eigenvalue weighted by Gasteiger charge is -2.09. The van der Waals surface area contributed by atoms with Crippen LogP contribution in [-0.2, 0) is 0 Å². The molecule has 0 bridgehead atoms. The minimum Gasteiger partial charge on any atom is -0.312 e. The summed E-state index contributed by atoms with van der Waals surface area (Å²) >= 11 is 0. The molecular formula is C16H11F2N3. The lowest BCUT2D eigenvalue weighted by atomic mass is 10.2. The standard InChI is InChI=1S/C16H11F2N3/c1-10-6-14-15(7-12(9-20-14)16(17)18)21(10)13-4-2-11(8-19)3-5-13/h2-7,9,16H,1H3. The van der Waals surface area contributed by atoms with Crippen molar-refractivity contribution in [3.05, 3.63) is 59.4 Å². The molecule has 0 radical (unpaired) electrons. The van der Waals surface area contributed by atoms with E-state index in [9.17, 15) is 8.78 Å². The molecule has 0 saturated heterocycles. The van der Waals surface area contributed by atoms with Gasteiger partial charge in [-0.05, 0) is 43.3 Å². The molecule has 2 heterocycles. The normalized spacial score (nSPS) is 11.0. The van der Waals surface area contributed by atoms with Crippen LogP contribution in [0.5, 0.6) is 0 Å². The first-order valence-electron chi connectivity index (χ1n) is 6.37. The number of rotatable bonds is 2. The molecule has 3 nitrogen and oxygen atoms in total. The van der Waals surface area contributed by atoms with Gasteiger partial charge in [0.25, 0.3) is 6.43 Å². The van der Waals surface area contributed by atoms with Gasteiger partial charge in [-0.15, -0.1) is 0 Å². The van der Waals surface area contributed by atoms with Crippen LogP contribution in [0.4, 0.5) is 8.78 Å². The number of halogens is 2. The molecule has 2 aromatic heterocycles. The van der Waals surface area contributed by atoms with E-state index in [1.54, 1.807) is 24.3 Å². The highest BCUT2D eigenvalue weighted by Gasteiger charge is 2.13. The van der Waals surface area contributed by atoms with Crippen LogP contribution < -0.4 is 0 Å². The average molecular weight is 283 g/mol. The maximum Gasteiger partial charge on any atom is 0.265 e. The molecule has 0 spiro atoms. The van der Waals surface area contributed by atoms with Crippen molar-refractivity contribution in [2.45, 2.75) is 13.3 Å². The molecule has 0 unspecified atom stereocenters. The Hall–Kier alpha value is -2.74. The van der Waals surface area contributed by atoms with Gasteiger partial charge in [-0.1, -0.05) is 0 Å². The Bertz CT molecular complexity index is 842. The van der Waals surface area contributed by atoms with Crippen LogP contribution in [0.15, 0.2) is 42.6 Å². The van der Waals surface area contributed by atoms with Gasteiger partial charge >= 0.3 is 0 Å². The summed E-state index contributed by atoms with van der Waals surface area (Å²) in [6, 6.07) is 12.3. The topological polar surface area (TPSA) is 41.6 Å². The number of hydrogen-bond acceptors (Lipinski definition) is 2. The van der Waals surface area contributed by atoms with Gasteiger partial charge in [-0.25, -0.2) is 8.78 Å². The molecule has 21 heavy (non-hydrogen) atoms. The molecule has 0 aliphatic heterocycles. The first-order chi connectivity index (χ1) is 10.1. The highest BCUT2D eigenvalue weighted by atomic mass is 19.3. The van der Waals surface area contributed by atoms with Crippen LogP contribution in [0.3, 0.4) is 0 Å². The van der Waals surface area contributed by atoms with Crippen LogP contribution in [0, 0.1) is 18.3 Å². The van der Waals surface area contributed by atoms with Crippen LogP contribution in [0.1, 0.15) is 23.2 Å². The van der Waals surface area contributed by atoms with Crippen molar-refractivity contribution >= 4 is 11.0 Å². The molecule has 0 amide bonds. The Kier molecular flexibility index (Phi) is 3.15. The quantitative estimate of drug-likeness (QED) is 0.709. The van der Waals surface area contributed by atoms with Gasteiger partial charge in [0.15, 0.2) is 0 Å². The number of aromatic nitrogens is 2. The van der Waals surface area contributed by atoms with Crippen molar-refractivity contribution in [1.82, 2.24) is 9.55 Å². The number of nitrogens with zero attached hydrogens (tertiary/aromatic N) is 3. The van der Waals surface area contributed by atoms with E-state index >= 15 is 0 Å². The lowest BCUT2D eigenvalue weighted by molar-refractivity contribution is 0.151. The molecular weight excluding hydrogens is 272 g/mol. The third-order valence-electron chi connectivity index (χ3n) is 3.36. The summed E-state index contributed by atoms with van der Waals surface area (Å²) in [6.45, 7) is 1.89. The Labute approximate surface area is 120 Å². The Balaban J connectivity index is 2.22. The zero-order valence-electron chi connectivity index (χ0n) is 11.2. The molecule has 3 rings (SSSR count). The largest absolute Gasteiger partial charge is 0.312 e. The Morgan fingerprint density at radius 1 is 1.19 bits per heavy atom. The number of alkyl halides is 2. The summed E-state index contributed by atoms with van der Waals surface area (Å²) in [5, 5.41) is 8.83. The number of aryl methyl sites for hydroxylation is 1. The first-order valence-corrected chi connectivity index (χ1v) is 6.37. The van der Waals surface area contributed by atoms with E-state index in [1.165, 1.54) is 12.3 Å². The van der Waals surface area contributed by atoms with E-state index in [0.717, 1.165) is 11.4 Å². The number of benzene rings is 1. The molecule has 0 atom stereocenters. The van der Waals surface area contributed by atoms with Gasteiger partial charge in [0.2, 0.25) is 0 Å². The van der Waals surface area contributed by atoms with Crippen molar-refractivity contribution in [3.8, 4) is 11.8 Å². The summed E-state index contributed by atoms with van der Waals surface area (Å²) in [7, 11) is 0. The zero-order chi connectivity index (χ0) is 15.0. The van der Waals surface area contributed by atoms with Gasteiger partial charge < -0.3 is 4.57 Å². The van der Waals surface area contributed by atoms with E-state index in [0.29, 0.717) is 16.6 Å². The predicted molar refractivity (Wildman–Crippen MR) is 75.5 cm³/mol. The average Bonchev–Trinajstić information content (AvgIpc) is 2.82. The van der Waals surface area contributed by atoms with Crippen LogP contribution >= 0.6 is 0 Å². The summed E-state index contributed by atoms with van der Waals surface area (Å²) in [4.78, 5) is 4.09. The number of hydrogen-bond donors (Lipinski definition) is 0. The minimum atomic E-state index is -2.55. The molecule has 0 fully saturated rings. The summed E-state index contributed by atoms with van der Waals surface area (Å²) in [6.07, 6.45) is -1.35. The van der Waals surface area contributed by atoms with Gasteiger partial charge in [0.05, 0.1) is 22.7 Å². The fourth-order valence-electron chi connectivity index (χ4n) is 2.37. The second-order valence-corrected chi connectivity index (χ2v) is 4.75. The predicted octanol–water partition coefficient (Wildman–Crippen LogP) is 4.14. The van der Waals surface area contributed by atoms with Crippen molar-refractivity contribution in [3.63, 3.8) is 0 Å². The van der Waals surface area contributed by atoms with E-state index in [4.69, 9.17) is 5.26 Å². The zero-order valence-corrected chi connectivity index (χ0v) is 11.2. The smallest absolute Gasteiger partial charge is 0.265 e. The van der Waals surface area contributed by atoms with E-state index in [2.05, 4.69) is 11.1 Å². The van der Waals surface area contributed by atoms with Crippen molar-refractivity contribution < 1.29 is 8.78 Å². The van der Waals surface area contributed by atoms with Crippen LogP contribution in [-0.4, -0.2) is 9.55 Å².